The normalized spacial score (nSPS) is 20.1. The van der Waals surface area contributed by atoms with Crippen molar-refractivity contribution in [3.05, 3.63) is 53.2 Å². The Balaban J connectivity index is 1.25. The van der Waals surface area contributed by atoms with E-state index in [9.17, 15) is 5.02 Å². The molecule has 2 aromatic rings. The van der Waals surface area contributed by atoms with Crippen molar-refractivity contribution in [2.45, 2.75) is 32.2 Å². The first kappa shape index (κ1) is 21.6. The van der Waals surface area contributed by atoms with Crippen molar-refractivity contribution < 1.29 is 14.5 Å². The quantitative estimate of drug-likeness (QED) is 0.707. The molecule has 0 spiro atoms. The molecule has 0 saturated carbocycles. The molecule has 1 aliphatic carbocycles. The summed E-state index contributed by atoms with van der Waals surface area (Å²) in [5.74, 6) is 0.903. The van der Waals surface area contributed by atoms with Crippen molar-refractivity contribution in [3.8, 4) is 17.0 Å². The Morgan fingerprint density at radius 1 is 1.09 bits per heavy atom. The molecule has 0 bridgehead atoms. The van der Waals surface area contributed by atoms with E-state index in [2.05, 4.69) is 46.1 Å². The van der Waals surface area contributed by atoms with E-state index < -0.39 is 0 Å². The average molecular weight is 433 g/mol. The molecular weight excluding hydrogens is 401 g/mol. The van der Waals surface area contributed by atoms with Crippen molar-refractivity contribution in [1.82, 2.24) is 14.7 Å². The minimum absolute atomic E-state index is 0.209. The molecule has 2 fully saturated rings. The summed E-state index contributed by atoms with van der Waals surface area (Å²) in [4.78, 5) is 9.29. The van der Waals surface area contributed by atoms with Gasteiger partial charge in [0, 0.05) is 37.0 Å². The Hall–Kier alpha value is -2.19. The Morgan fingerprint density at radius 3 is 2.56 bits per heavy atom. The predicted molar refractivity (Wildman–Crippen MR) is 128 cm³/mol. The highest BCUT2D eigenvalue weighted by Gasteiger charge is 2.25. The first-order valence-electron chi connectivity index (χ1n) is 11.8. The molecule has 0 radical (unpaired) electrons. The van der Waals surface area contributed by atoms with Crippen LogP contribution in [0.2, 0.25) is 6.82 Å². The number of rotatable bonds is 6. The van der Waals surface area contributed by atoms with Crippen LogP contribution >= 0.6 is 0 Å². The number of benzene rings is 1. The van der Waals surface area contributed by atoms with Crippen molar-refractivity contribution in [3.63, 3.8) is 0 Å². The standard InChI is InChI=1S/C25H32BN3O3/c1-26(30)29-10-7-23(8-11-29)32-22-4-2-20(3-5-22)25-24-17-19(16-21(24)6-9-27-25)18-28-12-14-31-15-13-28/h2-6,9,17,23,30H,7-8,10-16,18H2,1H3. The van der Waals surface area contributed by atoms with E-state index in [1.165, 1.54) is 16.7 Å². The van der Waals surface area contributed by atoms with Gasteiger partial charge in [0.25, 0.3) is 0 Å². The molecule has 2 saturated heterocycles. The molecule has 1 N–H and O–H groups in total. The van der Waals surface area contributed by atoms with Gasteiger partial charge in [-0.15, -0.1) is 0 Å². The van der Waals surface area contributed by atoms with Crippen LogP contribution in [0.4, 0.5) is 0 Å². The molecule has 0 atom stereocenters. The number of fused-ring (bicyclic) bond motifs is 1. The number of nitrogens with zero attached hydrogens (tertiary/aromatic N) is 3. The van der Waals surface area contributed by atoms with Crippen LogP contribution in [0.1, 0.15) is 24.0 Å². The van der Waals surface area contributed by atoms with Crippen molar-refractivity contribution in [2.24, 2.45) is 0 Å². The number of hydrogen-bond acceptors (Lipinski definition) is 6. The fourth-order valence-corrected chi connectivity index (χ4v) is 4.96. The largest absolute Gasteiger partial charge is 0.490 e. The molecule has 1 aromatic heterocycles. The predicted octanol–water partition coefficient (Wildman–Crippen LogP) is 2.97. The number of ether oxygens (including phenoxy) is 2. The summed E-state index contributed by atoms with van der Waals surface area (Å²) in [5.41, 5.74) is 6.26. The maximum Gasteiger partial charge on any atom is 0.376 e. The van der Waals surface area contributed by atoms with Crippen LogP contribution in [0.5, 0.6) is 5.75 Å². The van der Waals surface area contributed by atoms with Gasteiger partial charge in [-0.2, -0.15) is 0 Å². The Labute approximate surface area is 191 Å². The molecular formula is C25H32BN3O3. The van der Waals surface area contributed by atoms with Gasteiger partial charge < -0.3 is 19.3 Å². The summed E-state index contributed by atoms with van der Waals surface area (Å²) in [5, 5.41) is 9.72. The molecule has 7 heteroatoms. The fraction of sp³-hybridized carbons (Fsp3) is 0.480. The van der Waals surface area contributed by atoms with Gasteiger partial charge in [0.1, 0.15) is 11.9 Å². The maximum absolute atomic E-state index is 9.72. The lowest BCUT2D eigenvalue weighted by molar-refractivity contribution is 0.0422. The molecule has 0 amide bonds. The third kappa shape index (κ3) is 4.91. The van der Waals surface area contributed by atoms with Gasteiger partial charge in [0.2, 0.25) is 0 Å². The van der Waals surface area contributed by atoms with E-state index in [-0.39, 0.29) is 13.2 Å². The molecule has 0 unspecified atom stereocenters. The zero-order valence-electron chi connectivity index (χ0n) is 18.9. The van der Waals surface area contributed by atoms with E-state index in [0.29, 0.717) is 0 Å². The lowest BCUT2D eigenvalue weighted by atomic mass is 9.82. The van der Waals surface area contributed by atoms with Gasteiger partial charge in [-0.25, -0.2) is 0 Å². The number of pyridine rings is 1. The zero-order chi connectivity index (χ0) is 21.9. The SMILES string of the molecule is CB(O)N1CCC(Oc2ccc(-c3nccc4c3C=C(CN3CCOCC3)C4)cc2)CC1. The Bertz CT molecular complexity index is 949. The lowest BCUT2D eigenvalue weighted by Gasteiger charge is -2.32. The van der Waals surface area contributed by atoms with Gasteiger partial charge in [-0.3, -0.25) is 9.88 Å². The van der Waals surface area contributed by atoms with Crippen LogP contribution in [0.3, 0.4) is 0 Å². The third-order valence-corrected chi connectivity index (χ3v) is 6.81. The topological polar surface area (TPSA) is 58.1 Å². The van der Waals surface area contributed by atoms with Crippen LogP contribution < -0.4 is 4.74 Å². The molecule has 3 heterocycles. The average Bonchev–Trinajstić information content (AvgIpc) is 3.23. The van der Waals surface area contributed by atoms with Gasteiger partial charge in [0.15, 0.2) is 0 Å². The number of piperidine rings is 1. The summed E-state index contributed by atoms with van der Waals surface area (Å²) < 4.78 is 11.7. The van der Waals surface area contributed by atoms with Gasteiger partial charge in [-0.1, -0.05) is 11.6 Å². The van der Waals surface area contributed by atoms with E-state index in [1.54, 1.807) is 0 Å². The molecule has 5 rings (SSSR count). The molecule has 6 nitrogen and oxygen atoms in total. The van der Waals surface area contributed by atoms with Gasteiger partial charge in [-0.05, 0) is 75.1 Å². The van der Waals surface area contributed by atoms with Crippen LogP contribution in [-0.4, -0.2) is 78.8 Å². The third-order valence-electron chi connectivity index (χ3n) is 6.81. The van der Waals surface area contributed by atoms with Crippen LogP contribution in [0, 0.1) is 0 Å². The first-order valence-corrected chi connectivity index (χ1v) is 11.8. The molecule has 3 aliphatic rings. The lowest BCUT2D eigenvalue weighted by Crippen LogP contribution is -2.45. The molecule has 32 heavy (non-hydrogen) atoms. The molecule has 2 aliphatic heterocycles. The summed E-state index contributed by atoms with van der Waals surface area (Å²) in [6, 6.07) is 10.5. The second-order valence-corrected chi connectivity index (χ2v) is 9.11. The highest BCUT2D eigenvalue weighted by molar-refractivity contribution is 6.45. The minimum atomic E-state index is -0.376. The van der Waals surface area contributed by atoms with Crippen molar-refractivity contribution in [1.29, 1.82) is 0 Å². The second kappa shape index (κ2) is 9.75. The fourth-order valence-electron chi connectivity index (χ4n) is 4.96. The number of aromatic nitrogens is 1. The highest BCUT2D eigenvalue weighted by atomic mass is 16.5. The number of morpholine rings is 1. The van der Waals surface area contributed by atoms with Crippen LogP contribution in [0.25, 0.3) is 17.3 Å². The van der Waals surface area contributed by atoms with E-state index in [0.717, 1.165) is 82.2 Å². The minimum Gasteiger partial charge on any atom is -0.490 e. The highest BCUT2D eigenvalue weighted by Crippen LogP contribution is 2.33. The monoisotopic (exact) mass is 433 g/mol. The van der Waals surface area contributed by atoms with Crippen LogP contribution in [-0.2, 0) is 11.2 Å². The maximum atomic E-state index is 9.72. The Kier molecular flexibility index (Phi) is 6.60. The van der Waals surface area contributed by atoms with Gasteiger partial charge >= 0.3 is 7.05 Å². The van der Waals surface area contributed by atoms with E-state index in [1.807, 2.05) is 13.0 Å². The molecule has 168 valence electrons. The van der Waals surface area contributed by atoms with E-state index >= 15 is 0 Å². The van der Waals surface area contributed by atoms with Gasteiger partial charge in [0.05, 0.1) is 18.9 Å². The summed E-state index contributed by atoms with van der Waals surface area (Å²) in [6.07, 6.45) is 7.37. The smallest absolute Gasteiger partial charge is 0.376 e. The summed E-state index contributed by atoms with van der Waals surface area (Å²) >= 11 is 0. The summed E-state index contributed by atoms with van der Waals surface area (Å²) in [7, 11) is -0.376. The molecule has 1 aromatic carbocycles. The Morgan fingerprint density at radius 2 is 1.84 bits per heavy atom. The van der Waals surface area contributed by atoms with E-state index in [4.69, 9.17) is 14.5 Å². The van der Waals surface area contributed by atoms with Crippen molar-refractivity contribution in [2.75, 3.05) is 45.9 Å². The zero-order valence-corrected chi connectivity index (χ0v) is 18.9. The summed E-state index contributed by atoms with van der Waals surface area (Å²) in [6.45, 7) is 8.28. The number of hydrogen-bond donors (Lipinski definition) is 1. The van der Waals surface area contributed by atoms with Crippen molar-refractivity contribution >= 4 is 13.1 Å². The van der Waals surface area contributed by atoms with Crippen LogP contribution in [0.15, 0.2) is 42.1 Å². The second-order valence-electron chi connectivity index (χ2n) is 9.11. The first-order chi connectivity index (χ1) is 15.7.